The molecule has 2 aliphatic heterocycles. The summed E-state index contributed by atoms with van der Waals surface area (Å²) >= 11 is 0. The van der Waals surface area contributed by atoms with Crippen LogP contribution < -0.4 is 10.1 Å². The molecule has 1 aromatic rings. The Labute approximate surface area is 162 Å². The summed E-state index contributed by atoms with van der Waals surface area (Å²) in [5, 5.41) is 3.44. The van der Waals surface area contributed by atoms with E-state index in [1.807, 2.05) is 12.1 Å². The van der Waals surface area contributed by atoms with Gasteiger partial charge < -0.3 is 24.4 Å². The molecule has 150 valence electrons. The summed E-state index contributed by atoms with van der Waals surface area (Å²) in [6, 6.07) is 8.28. The number of hydrogen-bond acceptors (Lipinski definition) is 4. The Morgan fingerprint density at radius 2 is 2.07 bits per heavy atom. The summed E-state index contributed by atoms with van der Waals surface area (Å²) < 4.78 is 17.1. The van der Waals surface area contributed by atoms with Crippen LogP contribution in [0.4, 0.5) is 0 Å². The molecule has 1 saturated heterocycles. The van der Waals surface area contributed by atoms with Crippen LogP contribution in [0.2, 0.25) is 0 Å². The highest BCUT2D eigenvalue weighted by molar-refractivity contribution is 5.80. The van der Waals surface area contributed by atoms with Crippen LogP contribution in [-0.4, -0.2) is 69.6 Å². The fourth-order valence-electron chi connectivity index (χ4n) is 3.66. The molecule has 6 heteroatoms. The molecule has 0 bridgehead atoms. The van der Waals surface area contributed by atoms with Crippen LogP contribution in [0.25, 0.3) is 0 Å². The maximum atomic E-state index is 6.02. The standard InChI is InChI=1S/C21H33N3O3/c1-3-22-21(23-16-19-15-17-7-4-5-8-20(17)27-19)24-11-9-18(10-12-24)26-14-6-13-25-2/h4-5,7-8,18-19H,3,6,9-16H2,1-2H3,(H,22,23). The highest BCUT2D eigenvalue weighted by atomic mass is 16.5. The van der Waals surface area contributed by atoms with E-state index in [1.165, 1.54) is 5.56 Å². The molecule has 0 aliphatic carbocycles. The smallest absolute Gasteiger partial charge is 0.194 e. The topological polar surface area (TPSA) is 55.3 Å². The van der Waals surface area contributed by atoms with Crippen LogP contribution in [0.5, 0.6) is 5.75 Å². The second-order valence-electron chi connectivity index (χ2n) is 7.15. The largest absolute Gasteiger partial charge is 0.488 e. The van der Waals surface area contributed by atoms with Crippen molar-refractivity contribution in [1.29, 1.82) is 0 Å². The lowest BCUT2D eigenvalue weighted by molar-refractivity contribution is 0.00988. The van der Waals surface area contributed by atoms with E-state index in [1.54, 1.807) is 7.11 Å². The molecule has 2 heterocycles. The van der Waals surface area contributed by atoms with Gasteiger partial charge in [0.1, 0.15) is 11.9 Å². The molecule has 1 unspecified atom stereocenters. The Morgan fingerprint density at radius 1 is 1.26 bits per heavy atom. The molecular weight excluding hydrogens is 342 g/mol. The number of para-hydroxylation sites is 1. The number of fused-ring (bicyclic) bond motifs is 1. The third kappa shape index (κ3) is 5.84. The molecule has 27 heavy (non-hydrogen) atoms. The van der Waals surface area contributed by atoms with E-state index in [9.17, 15) is 0 Å². The average Bonchev–Trinajstić information content (AvgIpc) is 3.12. The number of piperidine rings is 1. The van der Waals surface area contributed by atoms with E-state index < -0.39 is 0 Å². The van der Waals surface area contributed by atoms with Gasteiger partial charge in [-0.05, 0) is 37.8 Å². The van der Waals surface area contributed by atoms with Crippen LogP contribution in [0, 0.1) is 0 Å². The first-order valence-corrected chi connectivity index (χ1v) is 10.2. The van der Waals surface area contributed by atoms with E-state index in [0.29, 0.717) is 12.6 Å². The summed E-state index contributed by atoms with van der Waals surface area (Å²) in [5.41, 5.74) is 1.29. The zero-order chi connectivity index (χ0) is 18.9. The van der Waals surface area contributed by atoms with Crippen molar-refractivity contribution in [3.8, 4) is 5.75 Å². The number of rotatable bonds is 8. The Bertz CT molecular complexity index is 575. The van der Waals surface area contributed by atoms with Crippen LogP contribution >= 0.6 is 0 Å². The normalized spacial score (nSPS) is 20.4. The molecule has 1 atom stereocenters. The number of likely N-dealkylation sites (tertiary alicyclic amines) is 1. The minimum absolute atomic E-state index is 0.137. The minimum atomic E-state index is 0.137. The van der Waals surface area contributed by atoms with Crippen LogP contribution in [0.1, 0.15) is 31.7 Å². The van der Waals surface area contributed by atoms with Gasteiger partial charge in [-0.15, -0.1) is 0 Å². The van der Waals surface area contributed by atoms with Crippen LogP contribution in [-0.2, 0) is 15.9 Å². The van der Waals surface area contributed by atoms with Gasteiger partial charge in [-0.25, -0.2) is 4.99 Å². The number of aliphatic imine (C=N–C) groups is 1. The van der Waals surface area contributed by atoms with Crippen molar-refractivity contribution in [2.45, 2.75) is 44.8 Å². The fraction of sp³-hybridized carbons (Fsp3) is 0.667. The minimum Gasteiger partial charge on any atom is -0.488 e. The summed E-state index contributed by atoms with van der Waals surface area (Å²) in [6.45, 7) is 7.18. The van der Waals surface area contributed by atoms with Crippen molar-refractivity contribution in [1.82, 2.24) is 10.2 Å². The molecule has 0 radical (unpaired) electrons. The zero-order valence-corrected chi connectivity index (χ0v) is 16.7. The summed E-state index contributed by atoms with van der Waals surface area (Å²) in [6.07, 6.45) is 4.48. The maximum Gasteiger partial charge on any atom is 0.194 e. The monoisotopic (exact) mass is 375 g/mol. The fourth-order valence-corrected chi connectivity index (χ4v) is 3.66. The summed E-state index contributed by atoms with van der Waals surface area (Å²) in [7, 11) is 1.73. The third-order valence-electron chi connectivity index (χ3n) is 5.08. The van der Waals surface area contributed by atoms with Gasteiger partial charge in [0.25, 0.3) is 0 Å². The lowest BCUT2D eigenvalue weighted by Gasteiger charge is -2.34. The number of benzene rings is 1. The highest BCUT2D eigenvalue weighted by Gasteiger charge is 2.24. The first-order chi connectivity index (χ1) is 13.3. The average molecular weight is 376 g/mol. The molecule has 2 aliphatic rings. The predicted octanol–water partition coefficient (Wildman–Crippen LogP) is 2.47. The first-order valence-electron chi connectivity index (χ1n) is 10.2. The molecular formula is C21H33N3O3. The van der Waals surface area contributed by atoms with E-state index in [2.05, 4.69) is 29.3 Å². The lowest BCUT2D eigenvalue weighted by Crippen LogP contribution is -2.47. The van der Waals surface area contributed by atoms with E-state index >= 15 is 0 Å². The molecule has 1 fully saturated rings. The van der Waals surface area contributed by atoms with Crippen LogP contribution in [0.3, 0.4) is 0 Å². The second-order valence-corrected chi connectivity index (χ2v) is 7.15. The SMILES string of the molecule is CCNC(=NCC1Cc2ccccc2O1)N1CCC(OCCCOC)CC1. The van der Waals surface area contributed by atoms with Gasteiger partial charge in [-0.3, -0.25) is 0 Å². The molecule has 1 N–H and O–H groups in total. The van der Waals surface area contributed by atoms with Crippen LogP contribution in [0.15, 0.2) is 29.3 Å². The number of ether oxygens (including phenoxy) is 3. The van der Waals surface area contributed by atoms with Gasteiger partial charge in [-0.2, -0.15) is 0 Å². The van der Waals surface area contributed by atoms with E-state index in [-0.39, 0.29) is 6.10 Å². The lowest BCUT2D eigenvalue weighted by atomic mass is 10.1. The van der Waals surface area contributed by atoms with Crippen molar-refractivity contribution < 1.29 is 14.2 Å². The zero-order valence-electron chi connectivity index (χ0n) is 16.7. The van der Waals surface area contributed by atoms with Crippen molar-refractivity contribution >= 4 is 5.96 Å². The number of nitrogens with zero attached hydrogens (tertiary/aromatic N) is 2. The van der Waals surface area contributed by atoms with Gasteiger partial charge in [0.05, 0.1) is 12.6 Å². The summed E-state index contributed by atoms with van der Waals surface area (Å²) in [4.78, 5) is 7.21. The van der Waals surface area contributed by atoms with Gasteiger partial charge in [0.2, 0.25) is 0 Å². The highest BCUT2D eigenvalue weighted by Crippen LogP contribution is 2.28. The van der Waals surface area contributed by atoms with E-state index in [0.717, 1.165) is 70.2 Å². The van der Waals surface area contributed by atoms with Crippen molar-refractivity contribution in [3.63, 3.8) is 0 Å². The Balaban J connectivity index is 1.46. The van der Waals surface area contributed by atoms with Gasteiger partial charge in [0, 0.05) is 46.4 Å². The summed E-state index contributed by atoms with van der Waals surface area (Å²) in [5.74, 6) is 2.00. The quantitative estimate of drug-likeness (QED) is 0.430. The number of hydrogen-bond donors (Lipinski definition) is 1. The Kier molecular flexibility index (Phi) is 7.78. The van der Waals surface area contributed by atoms with Crippen molar-refractivity contribution in [3.05, 3.63) is 29.8 Å². The van der Waals surface area contributed by atoms with Gasteiger partial charge in [0.15, 0.2) is 5.96 Å². The van der Waals surface area contributed by atoms with Crippen molar-refractivity contribution in [2.75, 3.05) is 46.5 Å². The number of guanidine groups is 1. The predicted molar refractivity (Wildman–Crippen MR) is 108 cm³/mol. The molecule has 6 nitrogen and oxygen atoms in total. The second kappa shape index (κ2) is 10.5. The van der Waals surface area contributed by atoms with Gasteiger partial charge in [-0.1, -0.05) is 18.2 Å². The first kappa shape index (κ1) is 20.0. The van der Waals surface area contributed by atoms with Crippen molar-refractivity contribution in [2.24, 2.45) is 4.99 Å². The van der Waals surface area contributed by atoms with Gasteiger partial charge >= 0.3 is 0 Å². The van der Waals surface area contributed by atoms with E-state index in [4.69, 9.17) is 19.2 Å². The third-order valence-corrected chi connectivity index (χ3v) is 5.08. The molecule has 0 spiro atoms. The maximum absolute atomic E-state index is 6.02. The Morgan fingerprint density at radius 3 is 2.81 bits per heavy atom. The number of methoxy groups -OCH3 is 1. The molecule has 3 rings (SSSR count). The number of nitrogens with one attached hydrogen (secondary N) is 1. The Hall–Kier alpha value is -1.79. The molecule has 0 aromatic heterocycles. The molecule has 0 amide bonds. The molecule has 1 aromatic carbocycles. The molecule has 0 saturated carbocycles.